The molecule has 0 spiro atoms. The van der Waals surface area contributed by atoms with Gasteiger partial charge in [0.1, 0.15) is 11.5 Å². The van der Waals surface area contributed by atoms with Crippen LogP contribution in [0.15, 0.2) is 45.2 Å². The van der Waals surface area contributed by atoms with E-state index in [1.165, 1.54) is 0 Å². The minimum Gasteiger partial charge on any atom is -0.870 e. The standard InChI is InChI=1S/C21H26O4.C11H16O3.Li.H2O/c1-13(2)17-12-19(25-21(17)14(3)4)18(22)11-16-7-5-15(6-8-16)9-10-20(23)24;1-6(2)8-5-9(11(12)13)14-10(8)7(3)4;;/h5-8,12-14H,9-11H2,1-4H3,(H,23,24);5-7H,1-4H3,(H,12,13);;1H2/q;;+1;/p-1. The number of aliphatic carboxylic acids is 1. The zero-order valence-corrected chi connectivity index (χ0v) is 25.8. The monoisotopic (exact) mass is 562 g/mol. The fourth-order valence-electron chi connectivity index (χ4n) is 4.23. The molecule has 0 unspecified atom stereocenters. The molecule has 9 heteroatoms. The summed E-state index contributed by atoms with van der Waals surface area (Å²) in [6, 6.07) is 11.0. The Morgan fingerprint density at radius 1 is 0.683 bits per heavy atom. The predicted molar refractivity (Wildman–Crippen MR) is 153 cm³/mol. The topological polar surface area (TPSA) is 148 Å². The molecule has 41 heavy (non-hydrogen) atoms. The van der Waals surface area contributed by atoms with Gasteiger partial charge in [0, 0.05) is 24.7 Å². The molecule has 0 amide bonds. The summed E-state index contributed by atoms with van der Waals surface area (Å²) < 4.78 is 11.1. The molecule has 1 aromatic carbocycles. The van der Waals surface area contributed by atoms with Crippen molar-refractivity contribution in [2.45, 2.75) is 98.3 Å². The van der Waals surface area contributed by atoms with Crippen LogP contribution < -0.4 is 18.9 Å². The summed E-state index contributed by atoms with van der Waals surface area (Å²) in [6.07, 6.45) is 0.889. The molecule has 3 N–H and O–H groups in total. The molecule has 0 bridgehead atoms. The fourth-order valence-corrected chi connectivity index (χ4v) is 4.23. The number of aryl methyl sites for hydroxylation is 1. The molecule has 0 saturated carbocycles. The van der Waals surface area contributed by atoms with Crippen molar-refractivity contribution < 1.29 is 57.8 Å². The van der Waals surface area contributed by atoms with Gasteiger partial charge in [-0.15, -0.1) is 0 Å². The van der Waals surface area contributed by atoms with Gasteiger partial charge in [-0.3, -0.25) is 9.59 Å². The normalized spacial score (nSPS) is 10.7. The average molecular weight is 563 g/mol. The van der Waals surface area contributed by atoms with Crippen LogP contribution in [-0.4, -0.2) is 33.4 Å². The van der Waals surface area contributed by atoms with Gasteiger partial charge in [-0.2, -0.15) is 0 Å². The van der Waals surface area contributed by atoms with E-state index in [9.17, 15) is 14.4 Å². The second-order valence-corrected chi connectivity index (χ2v) is 11.1. The zero-order valence-electron chi connectivity index (χ0n) is 25.8. The number of carboxylic acid groups (broad SMARTS) is 2. The third-order valence-electron chi connectivity index (χ3n) is 6.38. The van der Waals surface area contributed by atoms with E-state index in [-0.39, 0.29) is 60.6 Å². The van der Waals surface area contributed by atoms with Crippen LogP contribution in [0.25, 0.3) is 0 Å². The Morgan fingerprint density at radius 3 is 1.46 bits per heavy atom. The number of hydrogen-bond donors (Lipinski definition) is 2. The van der Waals surface area contributed by atoms with E-state index >= 15 is 0 Å². The Kier molecular flexibility index (Phi) is 15.8. The van der Waals surface area contributed by atoms with Crippen molar-refractivity contribution >= 4 is 17.7 Å². The summed E-state index contributed by atoms with van der Waals surface area (Å²) in [5, 5.41) is 17.5. The van der Waals surface area contributed by atoms with E-state index in [2.05, 4.69) is 27.7 Å². The van der Waals surface area contributed by atoms with E-state index in [0.29, 0.717) is 24.0 Å². The van der Waals surface area contributed by atoms with Crippen molar-refractivity contribution in [3.8, 4) is 0 Å². The first-order valence-electron chi connectivity index (χ1n) is 13.5. The van der Waals surface area contributed by atoms with Crippen LogP contribution in [0.1, 0.15) is 140 Å². The number of aromatic carboxylic acids is 1. The van der Waals surface area contributed by atoms with E-state index in [1.54, 1.807) is 6.07 Å². The Morgan fingerprint density at radius 2 is 1.10 bits per heavy atom. The van der Waals surface area contributed by atoms with Gasteiger partial charge in [-0.1, -0.05) is 79.7 Å². The Hall–Kier alpha value is -3.05. The maximum atomic E-state index is 12.6. The van der Waals surface area contributed by atoms with E-state index in [1.807, 2.05) is 58.0 Å². The summed E-state index contributed by atoms with van der Waals surface area (Å²) in [7, 11) is 0. The van der Waals surface area contributed by atoms with Crippen molar-refractivity contribution in [2.75, 3.05) is 0 Å². The van der Waals surface area contributed by atoms with Gasteiger partial charge < -0.3 is 24.5 Å². The SMILES string of the molecule is CC(C)c1cc(C(=O)Cc2ccc(CCC(=O)O)cc2)oc1C(C)C.CC(C)c1cc(C(=O)O)oc1C(C)C.[Li+].[OH-]. The number of hydrogen-bond acceptors (Lipinski definition) is 6. The summed E-state index contributed by atoms with van der Waals surface area (Å²) in [5.41, 5.74) is 3.96. The van der Waals surface area contributed by atoms with Crippen molar-refractivity contribution in [2.24, 2.45) is 0 Å². The van der Waals surface area contributed by atoms with Crippen LogP contribution in [0.2, 0.25) is 0 Å². The molecular formula is C32H43LiO8. The first kappa shape index (κ1) is 37.9. The molecule has 0 saturated heterocycles. The number of Topliss-reactive ketones (excluding diaryl/α,β-unsaturated/α-hetero) is 1. The van der Waals surface area contributed by atoms with Crippen LogP contribution in [0.3, 0.4) is 0 Å². The van der Waals surface area contributed by atoms with Gasteiger partial charge in [0.15, 0.2) is 5.76 Å². The Bertz CT molecular complexity index is 1210. The Balaban J connectivity index is 0.000000857. The number of carbonyl (C=O) groups excluding carboxylic acids is 1. The molecular weight excluding hydrogens is 519 g/mol. The van der Waals surface area contributed by atoms with Crippen LogP contribution in [-0.2, 0) is 17.6 Å². The molecule has 0 atom stereocenters. The predicted octanol–water partition coefficient (Wildman–Crippen LogP) is 5.02. The van der Waals surface area contributed by atoms with E-state index < -0.39 is 11.9 Å². The maximum Gasteiger partial charge on any atom is 1.00 e. The minimum absolute atomic E-state index is 0. The maximum absolute atomic E-state index is 12.6. The van der Waals surface area contributed by atoms with Crippen LogP contribution in [0.5, 0.6) is 0 Å². The molecule has 0 aliphatic rings. The van der Waals surface area contributed by atoms with Gasteiger partial charge >= 0.3 is 30.8 Å². The molecule has 0 radical (unpaired) electrons. The van der Waals surface area contributed by atoms with E-state index in [4.69, 9.17) is 19.0 Å². The third kappa shape index (κ3) is 11.0. The van der Waals surface area contributed by atoms with Crippen LogP contribution in [0, 0.1) is 0 Å². The molecule has 2 aromatic heterocycles. The van der Waals surface area contributed by atoms with Crippen molar-refractivity contribution in [1.29, 1.82) is 0 Å². The van der Waals surface area contributed by atoms with E-state index in [0.717, 1.165) is 33.8 Å². The summed E-state index contributed by atoms with van der Waals surface area (Å²) in [4.78, 5) is 33.9. The summed E-state index contributed by atoms with van der Waals surface area (Å²) in [5.74, 6) is 1.37. The van der Waals surface area contributed by atoms with Crippen LogP contribution >= 0.6 is 0 Å². The number of furan rings is 2. The molecule has 0 fully saturated rings. The number of carbonyl (C=O) groups is 3. The Labute approximate surface area is 255 Å². The number of ketones is 1. The smallest absolute Gasteiger partial charge is 0.870 e. The quantitative estimate of drug-likeness (QED) is 0.244. The molecule has 220 valence electrons. The molecule has 3 aromatic rings. The van der Waals surface area contributed by atoms with Crippen molar-refractivity contribution in [1.82, 2.24) is 0 Å². The van der Waals surface area contributed by atoms with Gasteiger partial charge in [-0.25, -0.2) is 4.79 Å². The molecule has 8 nitrogen and oxygen atoms in total. The second-order valence-electron chi connectivity index (χ2n) is 11.1. The molecule has 0 aliphatic heterocycles. The summed E-state index contributed by atoms with van der Waals surface area (Å²) >= 11 is 0. The van der Waals surface area contributed by atoms with Gasteiger partial charge in [0.25, 0.3) is 0 Å². The van der Waals surface area contributed by atoms with Crippen molar-refractivity contribution in [3.05, 3.63) is 81.7 Å². The fraction of sp³-hybridized carbons (Fsp3) is 0.469. The number of carboxylic acids is 2. The van der Waals surface area contributed by atoms with Gasteiger partial charge in [0.05, 0.1) is 0 Å². The minimum atomic E-state index is -1.00. The largest absolute Gasteiger partial charge is 1.00 e. The zero-order chi connectivity index (χ0) is 29.4. The second kappa shape index (κ2) is 17.0. The average Bonchev–Trinajstić information content (AvgIpc) is 3.50. The van der Waals surface area contributed by atoms with Gasteiger partial charge in [-0.05, 0) is 52.6 Å². The molecule has 2 heterocycles. The first-order chi connectivity index (χ1) is 18.2. The molecule has 3 rings (SSSR count). The third-order valence-corrected chi connectivity index (χ3v) is 6.38. The summed E-state index contributed by atoms with van der Waals surface area (Å²) in [6.45, 7) is 16.4. The number of rotatable bonds is 11. The first-order valence-corrected chi connectivity index (χ1v) is 13.5. The number of benzene rings is 1. The van der Waals surface area contributed by atoms with Crippen LogP contribution in [0.4, 0.5) is 0 Å². The van der Waals surface area contributed by atoms with Crippen molar-refractivity contribution in [3.63, 3.8) is 0 Å². The van der Waals surface area contributed by atoms with Gasteiger partial charge in [0.2, 0.25) is 11.5 Å². The molecule has 0 aliphatic carbocycles.